The third-order valence-corrected chi connectivity index (χ3v) is 4.00. The van der Waals surface area contributed by atoms with Gasteiger partial charge in [-0.1, -0.05) is 18.2 Å². The minimum atomic E-state index is -0.208. The molecular formula is C16H13N5O2. The quantitative estimate of drug-likeness (QED) is 0.699. The van der Waals surface area contributed by atoms with Crippen molar-refractivity contribution in [3.63, 3.8) is 0 Å². The lowest BCUT2D eigenvalue weighted by atomic mass is 10.1. The fourth-order valence-electron chi connectivity index (χ4n) is 2.87. The third kappa shape index (κ3) is 2.13. The van der Waals surface area contributed by atoms with Gasteiger partial charge in [0.1, 0.15) is 0 Å². The van der Waals surface area contributed by atoms with Crippen LogP contribution >= 0.6 is 0 Å². The minimum Gasteiger partial charge on any atom is -0.368 e. The lowest BCUT2D eigenvalue weighted by molar-refractivity contribution is 0.0752. The van der Waals surface area contributed by atoms with Crippen molar-refractivity contribution in [2.45, 2.75) is 13.1 Å². The number of aromatic nitrogens is 3. The highest BCUT2D eigenvalue weighted by Crippen LogP contribution is 2.24. The molecule has 114 valence electrons. The highest BCUT2D eigenvalue weighted by Gasteiger charge is 2.27. The molecule has 3 heterocycles. The molecule has 1 amide bonds. The molecule has 1 aliphatic rings. The average Bonchev–Trinajstić information content (AvgIpc) is 2.98. The smallest absolute Gasteiger partial charge is 0.256 e. The highest BCUT2D eigenvalue weighted by atomic mass is 16.2. The van der Waals surface area contributed by atoms with Crippen molar-refractivity contribution in [3.05, 3.63) is 63.8 Å². The van der Waals surface area contributed by atoms with Crippen molar-refractivity contribution in [1.82, 2.24) is 19.9 Å². The van der Waals surface area contributed by atoms with Crippen LogP contribution in [0.3, 0.4) is 0 Å². The lowest BCUT2D eigenvalue weighted by Crippen LogP contribution is -2.26. The van der Waals surface area contributed by atoms with Gasteiger partial charge < -0.3 is 15.6 Å². The molecule has 0 unspecified atom stereocenters. The number of nitrogens with one attached hydrogen (secondary N) is 1. The molecule has 23 heavy (non-hydrogen) atoms. The van der Waals surface area contributed by atoms with Crippen LogP contribution in [0.5, 0.6) is 0 Å². The zero-order valence-electron chi connectivity index (χ0n) is 12.1. The number of carbonyl (C=O) groups excluding carboxylic acids is 1. The van der Waals surface area contributed by atoms with Crippen molar-refractivity contribution in [1.29, 1.82) is 0 Å². The van der Waals surface area contributed by atoms with Gasteiger partial charge in [-0.3, -0.25) is 9.59 Å². The van der Waals surface area contributed by atoms with Crippen LogP contribution in [0.15, 0.2) is 41.5 Å². The van der Waals surface area contributed by atoms with Gasteiger partial charge in [0.05, 0.1) is 17.8 Å². The van der Waals surface area contributed by atoms with Gasteiger partial charge in [-0.05, 0) is 6.07 Å². The predicted octanol–water partition coefficient (Wildman–Crippen LogP) is 1.06. The number of aromatic amines is 1. The fraction of sp³-hybridized carbons (Fsp3) is 0.125. The molecule has 0 aliphatic carbocycles. The Labute approximate surface area is 130 Å². The summed E-state index contributed by atoms with van der Waals surface area (Å²) in [6, 6.07) is 7.06. The second kappa shape index (κ2) is 4.91. The largest absolute Gasteiger partial charge is 0.368 e. The van der Waals surface area contributed by atoms with Crippen LogP contribution in [0.4, 0.5) is 5.95 Å². The minimum absolute atomic E-state index is 0.158. The van der Waals surface area contributed by atoms with Crippen LogP contribution < -0.4 is 11.3 Å². The van der Waals surface area contributed by atoms with Crippen molar-refractivity contribution in [2.24, 2.45) is 0 Å². The second-order valence-corrected chi connectivity index (χ2v) is 5.44. The van der Waals surface area contributed by atoms with Crippen molar-refractivity contribution in [2.75, 3.05) is 5.73 Å². The lowest BCUT2D eigenvalue weighted by Gasteiger charge is -2.16. The van der Waals surface area contributed by atoms with E-state index in [0.29, 0.717) is 29.4 Å². The molecule has 0 radical (unpaired) electrons. The summed E-state index contributed by atoms with van der Waals surface area (Å²) in [5.74, 6) is 0.0431. The van der Waals surface area contributed by atoms with Gasteiger partial charge in [-0.25, -0.2) is 9.97 Å². The maximum Gasteiger partial charge on any atom is 0.256 e. The van der Waals surface area contributed by atoms with Gasteiger partial charge in [0.25, 0.3) is 11.5 Å². The molecule has 0 atom stereocenters. The van der Waals surface area contributed by atoms with Gasteiger partial charge in [-0.2, -0.15) is 0 Å². The molecule has 7 nitrogen and oxygen atoms in total. The summed E-state index contributed by atoms with van der Waals surface area (Å²) in [6.07, 6.45) is 3.12. The number of amides is 1. The molecule has 0 fully saturated rings. The zero-order chi connectivity index (χ0) is 16.0. The SMILES string of the molecule is Nc1ncc2c(n1)CN(C(=O)c1c[nH]c(=O)c3ccccc13)C2. The number of hydrogen-bond acceptors (Lipinski definition) is 5. The molecule has 3 N–H and O–H groups in total. The van der Waals surface area contributed by atoms with E-state index < -0.39 is 0 Å². The number of nitrogen functional groups attached to an aromatic ring is 1. The summed E-state index contributed by atoms with van der Waals surface area (Å²) in [5, 5.41) is 1.14. The Balaban J connectivity index is 1.74. The molecule has 7 heteroatoms. The first-order chi connectivity index (χ1) is 11.1. The molecule has 2 aromatic heterocycles. The molecule has 1 aliphatic heterocycles. The molecule has 0 saturated carbocycles. The van der Waals surface area contributed by atoms with Crippen molar-refractivity contribution < 1.29 is 4.79 Å². The maximum atomic E-state index is 12.9. The summed E-state index contributed by atoms with van der Waals surface area (Å²) >= 11 is 0. The number of pyridine rings is 1. The van der Waals surface area contributed by atoms with Crippen LogP contribution in [-0.2, 0) is 13.1 Å². The molecule has 0 spiro atoms. The summed E-state index contributed by atoms with van der Waals surface area (Å²) < 4.78 is 0. The Morgan fingerprint density at radius 1 is 1.22 bits per heavy atom. The average molecular weight is 307 g/mol. The monoisotopic (exact) mass is 307 g/mol. The number of anilines is 1. The Hall–Kier alpha value is -3.22. The maximum absolute atomic E-state index is 12.9. The molecule has 3 aromatic rings. The van der Waals surface area contributed by atoms with Gasteiger partial charge in [0, 0.05) is 35.3 Å². The van der Waals surface area contributed by atoms with E-state index in [0.717, 1.165) is 11.3 Å². The molecule has 4 rings (SSSR count). The first-order valence-electron chi connectivity index (χ1n) is 7.13. The first-order valence-corrected chi connectivity index (χ1v) is 7.13. The normalized spacial score (nSPS) is 13.3. The number of H-pyrrole nitrogens is 1. The van der Waals surface area contributed by atoms with E-state index in [1.165, 1.54) is 6.20 Å². The van der Waals surface area contributed by atoms with Crippen LogP contribution in [0, 0.1) is 0 Å². The Morgan fingerprint density at radius 3 is 2.83 bits per heavy atom. The van der Waals surface area contributed by atoms with E-state index in [1.54, 1.807) is 29.3 Å². The number of benzene rings is 1. The summed E-state index contributed by atoms with van der Waals surface area (Å²) in [4.78, 5) is 37.2. The number of hydrogen-bond donors (Lipinski definition) is 2. The van der Waals surface area contributed by atoms with Gasteiger partial charge in [0.15, 0.2) is 0 Å². The van der Waals surface area contributed by atoms with Gasteiger partial charge >= 0.3 is 0 Å². The van der Waals surface area contributed by atoms with Crippen molar-refractivity contribution >= 4 is 22.6 Å². The Bertz CT molecular complexity index is 995. The fourth-order valence-corrected chi connectivity index (χ4v) is 2.87. The van der Waals surface area contributed by atoms with E-state index >= 15 is 0 Å². The van der Waals surface area contributed by atoms with E-state index in [1.807, 2.05) is 6.07 Å². The number of nitrogens with two attached hydrogens (primary N) is 1. The van der Waals surface area contributed by atoms with E-state index in [9.17, 15) is 9.59 Å². The number of fused-ring (bicyclic) bond motifs is 2. The number of rotatable bonds is 1. The summed E-state index contributed by atoms with van der Waals surface area (Å²) in [6.45, 7) is 0.816. The van der Waals surface area contributed by atoms with Gasteiger partial charge in [0.2, 0.25) is 5.95 Å². The number of nitrogens with zero attached hydrogens (tertiary/aromatic N) is 3. The van der Waals surface area contributed by atoms with E-state index in [-0.39, 0.29) is 17.4 Å². The summed E-state index contributed by atoms with van der Waals surface area (Å²) in [5.41, 5.74) is 7.50. The summed E-state index contributed by atoms with van der Waals surface area (Å²) in [7, 11) is 0. The van der Waals surface area contributed by atoms with Crippen LogP contribution in [0.25, 0.3) is 10.8 Å². The van der Waals surface area contributed by atoms with E-state index in [4.69, 9.17) is 5.73 Å². The van der Waals surface area contributed by atoms with Crippen molar-refractivity contribution in [3.8, 4) is 0 Å². The standard InChI is InChI=1S/C16H13N5O2/c17-16-19-5-9-7-21(8-13(9)20-16)15(23)12-6-18-14(22)11-4-2-1-3-10(11)12/h1-6H,7-8H2,(H,18,22)(H2,17,19,20). The zero-order valence-corrected chi connectivity index (χ0v) is 12.1. The Morgan fingerprint density at radius 2 is 2.00 bits per heavy atom. The highest BCUT2D eigenvalue weighted by molar-refractivity contribution is 6.06. The molecule has 0 bridgehead atoms. The predicted molar refractivity (Wildman–Crippen MR) is 84.6 cm³/mol. The molecule has 1 aromatic carbocycles. The molecule has 0 saturated heterocycles. The first kappa shape index (κ1) is 13.4. The molecular weight excluding hydrogens is 294 g/mol. The number of carbonyl (C=O) groups is 1. The van der Waals surface area contributed by atoms with Gasteiger partial charge in [-0.15, -0.1) is 0 Å². The van der Waals surface area contributed by atoms with Crippen LogP contribution in [-0.4, -0.2) is 25.8 Å². The van der Waals surface area contributed by atoms with Crippen LogP contribution in [0.1, 0.15) is 21.6 Å². The topological polar surface area (TPSA) is 105 Å². The van der Waals surface area contributed by atoms with Crippen LogP contribution in [0.2, 0.25) is 0 Å². The Kier molecular flexibility index (Phi) is 2.87. The second-order valence-electron chi connectivity index (χ2n) is 5.44. The third-order valence-electron chi connectivity index (χ3n) is 4.00. The van der Waals surface area contributed by atoms with E-state index in [2.05, 4.69) is 15.0 Å².